The Bertz CT molecular complexity index is 415. The van der Waals surface area contributed by atoms with E-state index >= 15 is 0 Å². The number of aryl methyl sites for hydroxylation is 1. The maximum Gasteiger partial charge on any atom is 0.234 e. The predicted octanol–water partition coefficient (Wildman–Crippen LogP) is 0.581. The maximum atomic E-state index is 11.6. The van der Waals surface area contributed by atoms with Crippen molar-refractivity contribution in [3.05, 3.63) is 5.01 Å². The molecule has 0 aliphatic rings. The van der Waals surface area contributed by atoms with Gasteiger partial charge in [-0.05, 0) is 25.8 Å². The van der Waals surface area contributed by atoms with E-state index in [0.29, 0.717) is 24.5 Å². The number of nitrogens with zero attached hydrogens (tertiary/aromatic N) is 2. The van der Waals surface area contributed by atoms with Gasteiger partial charge in [-0.1, -0.05) is 18.3 Å². The van der Waals surface area contributed by atoms with Gasteiger partial charge in [-0.15, -0.1) is 10.2 Å². The third-order valence-electron chi connectivity index (χ3n) is 1.88. The Balaban J connectivity index is 2.51. The summed E-state index contributed by atoms with van der Waals surface area (Å²) in [6, 6.07) is 0. The fraction of sp³-hybridized carbons (Fsp3) is 0.750. The Morgan fingerprint density at radius 2 is 2.12 bits per heavy atom. The van der Waals surface area contributed by atoms with Crippen LogP contribution in [0.3, 0.4) is 0 Å². The molecule has 0 unspecified atom stereocenters. The predicted molar refractivity (Wildman–Crippen MR) is 65.0 cm³/mol. The fourth-order valence-corrected chi connectivity index (χ4v) is 3.13. The molecule has 0 radical (unpaired) electrons. The van der Waals surface area contributed by atoms with Gasteiger partial charge in [0.25, 0.3) is 0 Å². The highest BCUT2D eigenvalue weighted by Crippen LogP contribution is 2.17. The number of aromatic nitrogens is 2. The van der Waals surface area contributed by atoms with Crippen LogP contribution in [0.15, 0.2) is 0 Å². The molecule has 0 spiro atoms. The van der Waals surface area contributed by atoms with Crippen molar-refractivity contribution in [2.24, 2.45) is 5.73 Å². The van der Waals surface area contributed by atoms with Crippen LogP contribution in [-0.4, -0.2) is 30.9 Å². The molecule has 1 aromatic heterocycles. The molecule has 6 nitrogen and oxygen atoms in total. The molecular weight excluding hydrogens is 248 g/mol. The van der Waals surface area contributed by atoms with Crippen molar-refractivity contribution in [3.8, 4) is 0 Å². The van der Waals surface area contributed by atoms with Gasteiger partial charge in [0.15, 0.2) is 0 Å². The number of hydrogen-bond acceptors (Lipinski definition) is 6. The third-order valence-corrected chi connectivity index (χ3v) is 4.32. The lowest BCUT2D eigenvalue weighted by molar-refractivity contribution is 0.597. The molecule has 0 amide bonds. The maximum absolute atomic E-state index is 11.6. The highest BCUT2D eigenvalue weighted by molar-refractivity contribution is 7.92. The molecule has 1 aromatic rings. The summed E-state index contributed by atoms with van der Waals surface area (Å²) in [6.07, 6.45) is 2.02. The molecule has 0 saturated heterocycles. The highest BCUT2D eigenvalue weighted by Gasteiger charge is 2.12. The number of hydrogen-bond donors (Lipinski definition) is 2. The number of anilines is 1. The van der Waals surface area contributed by atoms with E-state index in [1.54, 1.807) is 0 Å². The van der Waals surface area contributed by atoms with Gasteiger partial charge in [-0.25, -0.2) is 8.42 Å². The van der Waals surface area contributed by atoms with E-state index in [4.69, 9.17) is 5.73 Å². The number of sulfonamides is 1. The van der Waals surface area contributed by atoms with Crippen molar-refractivity contribution in [2.75, 3.05) is 17.0 Å². The van der Waals surface area contributed by atoms with Crippen molar-refractivity contribution >= 4 is 26.5 Å². The van der Waals surface area contributed by atoms with Crippen molar-refractivity contribution in [1.29, 1.82) is 0 Å². The highest BCUT2D eigenvalue weighted by atomic mass is 32.2. The third kappa shape index (κ3) is 4.42. The summed E-state index contributed by atoms with van der Waals surface area (Å²) in [4.78, 5) is 0. The number of unbranched alkanes of at least 4 members (excludes halogenated alkanes) is 1. The summed E-state index contributed by atoms with van der Waals surface area (Å²) in [5, 5.41) is 8.75. The molecule has 0 saturated carbocycles. The van der Waals surface area contributed by atoms with E-state index in [0.717, 1.165) is 11.4 Å². The zero-order valence-corrected chi connectivity index (χ0v) is 10.8. The normalized spacial score (nSPS) is 11.6. The van der Waals surface area contributed by atoms with E-state index in [1.807, 2.05) is 6.92 Å². The quantitative estimate of drug-likeness (QED) is 0.702. The Labute approximate surface area is 99.3 Å². The summed E-state index contributed by atoms with van der Waals surface area (Å²) >= 11 is 1.26. The van der Waals surface area contributed by atoms with Crippen LogP contribution in [0.25, 0.3) is 0 Å². The molecule has 0 aliphatic heterocycles. The summed E-state index contributed by atoms with van der Waals surface area (Å²) in [6.45, 7) is 2.45. The van der Waals surface area contributed by atoms with Gasteiger partial charge in [0.1, 0.15) is 5.01 Å². The molecule has 92 valence electrons. The average Bonchev–Trinajstić information content (AvgIpc) is 2.65. The van der Waals surface area contributed by atoms with Crippen molar-refractivity contribution in [2.45, 2.75) is 26.2 Å². The van der Waals surface area contributed by atoms with Crippen molar-refractivity contribution in [1.82, 2.24) is 10.2 Å². The molecule has 16 heavy (non-hydrogen) atoms. The Morgan fingerprint density at radius 3 is 2.69 bits per heavy atom. The number of nitrogens with one attached hydrogen (secondary N) is 1. The van der Waals surface area contributed by atoms with Crippen molar-refractivity contribution in [3.63, 3.8) is 0 Å². The molecule has 0 bridgehead atoms. The minimum absolute atomic E-state index is 0.0746. The fourth-order valence-electron chi connectivity index (χ4n) is 1.06. The van der Waals surface area contributed by atoms with Gasteiger partial charge in [0.05, 0.1) is 5.75 Å². The second-order valence-corrected chi connectivity index (χ2v) is 6.18. The first kappa shape index (κ1) is 13.3. The number of rotatable bonds is 7. The van der Waals surface area contributed by atoms with Gasteiger partial charge in [0, 0.05) is 0 Å². The van der Waals surface area contributed by atoms with Gasteiger partial charge in [-0.2, -0.15) is 0 Å². The zero-order valence-electron chi connectivity index (χ0n) is 9.14. The van der Waals surface area contributed by atoms with E-state index in [2.05, 4.69) is 14.9 Å². The SMILES string of the molecule is CCc1nnc(NS(=O)(=O)CCCCN)s1. The van der Waals surface area contributed by atoms with E-state index in [9.17, 15) is 8.42 Å². The van der Waals surface area contributed by atoms with Crippen LogP contribution in [0, 0.1) is 0 Å². The molecule has 1 rings (SSSR count). The average molecular weight is 264 g/mol. The Kier molecular flexibility index (Phi) is 5.10. The topological polar surface area (TPSA) is 98.0 Å². The van der Waals surface area contributed by atoms with Crippen LogP contribution >= 0.6 is 11.3 Å². The van der Waals surface area contributed by atoms with Crippen LogP contribution in [0.4, 0.5) is 5.13 Å². The largest absolute Gasteiger partial charge is 0.330 e. The van der Waals surface area contributed by atoms with E-state index in [-0.39, 0.29) is 5.75 Å². The van der Waals surface area contributed by atoms with Gasteiger partial charge < -0.3 is 5.73 Å². The monoisotopic (exact) mass is 264 g/mol. The van der Waals surface area contributed by atoms with Gasteiger partial charge in [-0.3, -0.25) is 4.72 Å². The lowest BCUT2D eigenvalue weighted by atomic mass is 10.3. The van der Waals surface area contributed by atoms with Crippen LogP contribution in [0.2, 0.25) is 0 Å². The van der Waals surface area contributed by atoms with Crippen LogP contribution in [0.5, 0.6) is 0 Å². The molecule has 0 atom stereocenters. The lowest BCUT2D eigenvalue weighted by Crippen LogP contribution is -2.17. The summed E-state index contributed by atoms with van der Waals surface area (Å²) in [7, 11) is -3.30. The second kappa shape index (κ2) is 6.12. The molecule has 0 aliphatic carbocycles. The van der Waals surface area contributed by atoms with Crippen molar-refractivity contribution < 1.29 is 8.42 Å². The first-order chi connectivity index (χ1) is 7.57. The summed E-state index contributed by atoms with van der Waals surface area (Å²) in [5.74, 6) is 0.0746. The zero-order chi connectivity index (χ0) is 12.0. The molecule has 0 aromatic carbocycles. The van der Waals surface area contributed by atoms with Crippen LogP contribution in [-0.2, 0) is 16.4 Å². The smallest absolute Gasteiger partial charge is 0.234 e. The van der Waals surface area contributed by atoms with Crippen LogP contribution < -0.4 is 10.5 Å². The minimum atomic E-state index is -3.30. The molecule has 3 N–H and O–H groups in total. The Morgan fingerprint density at radius 1 is 1.38 bits per heavy atom. The molecule has 8 heteroatoms. The summed E-state index contributed by atoms with van der Waals surface area (Å²) < 4.78 is 25.5. The van der Waals surface area contributed by atoms with E-state index in [1.165, 1.54) is 11.3 Å². The molecule has 1 heterocycles. The lowest BCUT2D eigenvalue weighted by Gasteiger charge is -2.03. The second-order valence-electron chi connectivity index (χ2n) is 3.27. The van der Waals surface area contributed by atoms with E-state index < -0.39 is 10.0 Å². The molecule has 0 fully saturated rings. The first-order valence-electron chi connectivity index (χ1n) is 5.10. The summed E-state index contributed by atoms with van der Waals surface area (Å²) in [5.41, 5.74) is 5.30. The van der Waals surface area contributed by atoms with Gasteiger partial charge >= 0.3 is 0 Å². The standard InChI is InChI=1S/C8H16N4O2S2/c1-2-7-10-11-8(15-7)12-16(13,14)6-4-3-5-9/h2-6,9H2,1H3,(H,11,12). The van der Waals surface area contributed by atoms with Gasteiger partial charge in [0.2, 0.25) is 15.2 Å². The Hall–Kier alpha value is -0.730. The number of nitrogens with two attached hydrogens (primary N) is 1. The minimum Gasteiger partial charge on any atom is -0.330 e. The first-order valence-corrected chi connectivity index (χ1v) is 7.57. The molecular formula is C8H16N4O2S2. The van der Waals surface area contributed by atoms with Crippen LogP contribution in [0.1, 0.15) is 24.8 Å².